The number of fused-ring (bicyclic) bond motifs is 1. The summed E-state index contributed by atoms with van der Waals surface area (Å²) in [6, 6.07) is 12.8. The lowest BCUT2D eigenvalue weighted by molar-refractivity contribution is 0.413. The summed E-state index contributed by atoms with van der Waals surface area (Å²) in [5.74, 6) is 0.894. The number of aromatic nitrogens is 1. The van der Waals surface area contributed by atoms with Crippen LogP contribution in [0.1, 0.15) is 5.56 Å². The summed E-state index contributed by atoms with van der Waals surface area (Å²) in [4.78, 5) is 16.5. The Hall–Kier alpha value is -2.62. The fourth-order valence-corrected chi connectivity index (χ4v) is 2.18. The Morgan fingerprint density at radius 2 is 1.90 bits per heavy atom. The second kappa shape index (κ2) is 4.81. The van der Waals surface area contributed by atoms with Gasteiger partial charge in [-0.05, 0) is 30.7 Å². The van der Waals surface area contributed by atoms with Gasteiger partial charge in [0.1, 0.15) is 5.75 Å². The molecule has 100 valence electrons. The monoisotopic (exact) mass is 267 g/mol. The van der Waals surface area contributed by atoms with Crippen LogP contribution in [0.25, 0.3) is 22.4 Å². The summed E-state index contributed by atoms with van der Waals surface area (Å²) in [5.41, 5.74) is 1.87. The minimum Gasteiger partial charge on any atom is -0.496 e. The van der Waals surface area contributed by atoms with Gasteiger partial charge >= 0.3 is 5.63 Å². The van der Waals surface area contributed by atoms with Crippen molar-refractivity contribution in [2.75, 3.05) is 7.11 Å². The van der Waals surface area contributed by atoms with Crippen molar-refractivity contribution in [3.8, 4) is 17.2 Å². The molecule has 0 fully saturated rings. The van der Waals surface area contributed by atoms with Gasteiger partial charge < -0.3 is 9.15 Å². The Balaban J connectivity index is 2.33. The van der Waals surface area contributed by atoms with E-state index in [1.54, 1.807) is 19.2 Å². The number of hydrogen-bond acceptors (Lipinski definition) is 4. The van der Waals surface area contributed by atoms with Gasteiger partial charge in [0.2, 0.25) is 5.89 Å². The van der Waals surface area contributed by atoms with Crippen LogP contribution >= 0.6 is 0 Å². The van der Waals surface area contributed by atoms with Crippen LogP contribution in [0.4, 0.5) is 0 Å². The van der Waals surface area contributed by atoms with Crippen LogP contribution in [0, 0.1) is 6.92 Å². The normalized spacial score (nSPS) is 10.7. The molecule has 0 spiro atoms. The quantitative estimate of drug-likeness (QED) is 0.715. The molecular formula is C16H13NO3. The Labute approximate surface area is 115 Å². The Bertz CT molecular complexity index is 836. The third-order valence-corrected chi connectivity index (χ3v) is 3.20. The molecular weight excluding hydrogens is 254 g/mol. The third-order valence-electron chi connectivity index (χ3n) is 3.20. The highest BCUT2D eigenvalue weighted by atomic mass is 16.5. The summed E-state index contributed by atoms with van der Waals surface area (Å²) < 4.78 is 10.6. The number of para-hydroxylation sites is 2. The van der Waals surface area contributed by atoms with E-state index < -0.39 is 0 Å². The van der Waals surface area contributed by atoms with Crippen LogP contribution in [0.15, 0.2) is 51.7 Å². The van der Waals surface area contributed by atoms with Crippen LogP contribution in [0.5, 0.6) is 5.75 Å². The number of nitrogens with zero attached hydrogens (tertiary/aromatic N) is 1. The van der Waals surface area contributed by atoms with Gasteiger partial charge in [0, 0.05) is 0 Å². The highest BCUT2D eigenvalue weighted by molar-refractivity contribution is 5.82. The maximum atomic E-state index is 12.1. The maximum Gasteiger partial charge on any atom is 0.347 e. The molecule has 4 nitrogen and oxygen atoms in total. The fourth-order valence-electron chi connectivity index (χ4n) is 2.18. The van der Waals surface area contributed by atoms with Gasteiger partial charge in [-0.15, -0.1) is 0 Å². The van der Waals surface area contributed by atoms with Gasteiger partial charge in [-0.1, -0.05) is 24.3 Å². The molecule has 1 heterocycles. The Morgan fingerprint density at radius 3 is 2.70 bits per heavy atom. The van der Waals surface area contributed by atoms with Gasteiger partial charge in [0.25, 0.3) is 0 Å². The van der Waals surface area contributed by atoms with Gasteiger partial charge in [0.15, 0.2) is 0 Å². The second-order valence-electron chi connectivity index (χ2n) is 4.48. The second-order valence-corrected chi connectivity index (χ2v) is 4.48. The number of rotatable bonds is 2. The van der Waals surface area contributed by atoms with E-state index in [0.29, 0.717) is 22.2 Å². The average molecular weight is 267 g/mol. The van der Waals surface area contributed by atoms with Crippen molar-refractivity contribution in [1.29, 1.82) is 0 Å². The molecule has 4 heteroatoms. The Kier molecular flexibility index (Phi) is 2.99. The van der Waals surface area contributed by atoms with E-state index in [4.69, 9.17) is 9.15 Å². The molecule has 0 aliphatic rings. The molecule has 0 saturated heterocycles. The van der Waals surface area contributed by atoms with E-state index in [-0.39, 0.29) is 11.5 Å². The number of benzene rings is 2. The van der Waals surface area contributed by atoms with E-state index in [1.807, 2.05) is 37.3 Å². The molecule has 0 saturated carbocycles. The highest BCUT2D eigenvalue weighted by Gasteiger charge is 2.13. The fraction of sp³-hybridized carbons (Fsp3) is 0.125. The highest BCUT2D eigenvalue weighted by Crippen LogP contribution is 2.28. The molecule has 3 aromatic rings. The molecule has 20 heavy (non-hydrogen) atoms. The molecule has 0 aliphatic carbocycles. The third kappa shape index (κ3) is 1.95. The first-order valence-corrected chi connectivity index (χ1v) is 6.24. The van der Waals surface area contributed by atoms with Crippen LogP contribution in [-0.4, -0.2) is 12.1 Å². The smallest absolute Gasteiger partial charge is 0.347 e. The van der Waals surface area contributed by atoms with Crippen molar-refractivity contribution < 1.29 is 9.15 Å². The molecule has 0 atom stereocenters. The van der Waals surface area contributed by atoms with Crippen molar-refractivity contribution >= 4 is 10.9 Å². The summed E-state index contributed by atoms with van der Waals surface area (Å²) in [7, 11) is 1.57. The van der Waals surface area contributed by atoms with Crippen molar-refractivity contribution in [3.05, 3.63) is 58.4 Å². The molecule has 1 aromatic heterocycles. The standard InChI is InChI=1S/C16H13NO3/c1-10-6-5-8-12-14(10)17-15(20-16(12)18)11-7-3-4-9-13(11)19-2/h3-9H,1-2H3. The Morgan fingerprint density at radius 1 is 1.10 bits per heavy atom. The number of hydrogen-bond donors (Lipinski definition) is 0. The lowest BCUT2D eigenvalue weighted by Crippen LogP contribution is -2.04. The molecule has 0 bridgehead atoms. The lowest BCUT2D eigenvalue weighted by atomic mass is 10.1. The first-order valence-electron chi connectivity index (χ1n) is 6.24. The van der Waals surface area contributed by atoms with Crippen LogP contribution < -0.4 is 10.4 Å². The molecule has 0 N–H and O–H groups in total. The van der Waals surface area contributed by atoms with Crippen molar-refractivity contribution in [3.63, 3.8) is 0 Å². The van der Waals surface area contributed by atoms with E-state index in [9.17, 15) is 4.79 Å². The van der Waals surface area contributed by atoms with E-state index in [1.165, 1.54) is 0 Å². The number of aryl methyl sites for hydroxylation is 1. The lowest BCUT2D eigenvalue weighted by Gasteiger charge is -2.07. The largest absolute Gasteiger partial charge is 0.496 e. The predicted octanol–water partition coefficient (Wildman–Crippen LogP) is 3.17. The van der Waals surface area contributed by atoms with E-state index in [2.05, 4.69) is 4.98 Å². The number of ether oxygens (including phenoxy) is 1. The average Bonchev–Trinajstić information content (AvgIpc) is 2.48. The van der Waals surface area contributed by atoms with Gasteiger partial charge in [0.05, 0.1) is 23.6 Å². The zero-order valence-electron chi connectivity index (χ0n) is 11.2. The topological polar surface area (TPSA) is 52.3 Å². The zero-order valence-corrected chi connectivity index (χ0v) is 11.2. The molecule has 2 aromatic carbocycles. The maximum absolute atomic E-state index is 12.1. The van der Waals surface area contributed by atoms with Crippen LogP contribution in [0.2, 0.25) is 0 Å². The first kappa shape index (κ1) is 12.4. The van der Waals surface area contributed by atoms with Crippen molar-refractivity contribution in [2.45, 2.75) is 6.92 Å². The zero-order chi connectivity index (χ0) is 14.1. The van der Waals surface area contributed by atoms with Crippen molar-refractivity contribution in [2.24, 2.45) is 0 Å². The summed E-state index contributed by atoms with van der Waals surface area (Å²) >= 11 is 0. The molecule has 0 aliphatic heterocycles. The number of methoxy groups -OCH3 is 1. The van der Waals surface area contributed by atoms with Gasteiger partial charge in [-0.3, -0.25) is 0 Å². The van der Waals surface area contributed by atoms with Gasteiger partial charge in [-0.2, -0.15) is 0 Å². The molecule has 0 unspecified atom stereocenters. The summed E-state index contributed by atoms with van der Waals surface area (Å²) in [5, 5.41) is 0.489. The SMILES string of the molecule is COc1ccccc1-c1nc2c(C)cccc2c(=O)o1. The minimum absolute atomic E-state index is 0.272. The van der Waals surface area contributed by atoms with Crippen molar-refractivity contribution in [1.82, 2.24) is 4.98 Å². The predicted molar refractivity (Wildman–Crippen MR) is 77.0 cm³/mol. The van der Waals surface area contributed by atoms with Gasteiger partial charge in [-0.25, -0.2) is 9.78 Å². The first-order chi connectivity index (χ1) is 9.70. The molecule has 0 radical (unpaired) electrons. The molecule has 3 rings (SSSR count). The minimum atomic E-state index is -0.389. The van der Waals surface area contributed by atoms with Crippen LogP contribution in [-0.2, 0) is 0 Å². The van der Waals surface area contributed by atoms with E-state index >= 15 is 0 Å². The summed E-state index contributed by atoms with van der Waals surface area (Å²) in [6.07, 6.45) is 0. The van der Waals surface area contributed by atoms with E-state index in [0.717, 1.165) is 5.56 Å². The summed E-state index contributed by atoms with van der Waals surface area (Å²) in [6.45, 7) is 1.92. The molecule has 0 amide bonds. The van der Waals surface area contributed by atoms with Crippen LogP contribution in [0.3, 0.4) is 0 Å².